The number of hydrogen-bond acceptors (Lipinski definition) is 4. The van der Waals surface area contributed by atoms with Gasteiger partial charge in [0.15, 0.2) is 0 Å². The van der Waals surface area contributed by atoms with Crippen LogP contribution in [0.2, 0.25) is 0 Å². The van der Waals surface area contributed by atoms with Gasteiger partial charge in [-0.05, 0) is 13.0 Å². The van der Waals surface area contributed by atoms with Crippen LogP contribution in [0.4, 0.5) is 0 Å². The third-order valence-corrected chi connectivity index (χ3v) is 4.37. The first-order valence-corrected chi connectivity index (χ1v) is 8.04. The van der Waals surface area contributed by atoms with E-state index >= 15 is 0 Å². The Labute approximate surface area is 131 Å². The van der Waals surface area contributed by atoms with Gasteiger partial charge in [0.25, 0.3) is 0 Å². The summed E-state index contributed by atoms with van der Waals surface area (Å²) in [5, 5.41) is 3.21. The molecule has 2 aromatic rings. The molecule has 0 amide bonds. The van der Waals surface area contributed by atoms with Crippen LogP contribution in [-0.2, 0) is 11.8 Å². The molecule has 0 fully saturated rings. The van der Waals surface area contributed by atoms with E-state index in [1.807, 2.05) is 12.1 Å². The Hall–Kier alpha value is -1.39. The second-order valence-electron chi connectivity index (χ2n) is 6.43. The fourth-order valence-corrected chi connectivity index (χ4v) is 3.27. The lowest BCUT2D eigenvalue weighted by molar-refractivity contribution is 0.405. The first-order chi connectivity index (χ1) is 9.81. The van der Waals surface area contributed by atoms with E-state index < -0.39 is 0 Å². The number of benzene rings is 1. The van der Waals surface area contributed by atoms with E-state index in [0.29, 0.717) is 0 Å². The molecule has 4 heteroatoms. The molecule has 1 unspecified atom stereocenters. The lowest BCUT2D eigenvalue weighted by Gasteiger charge is -2.16. The number of thiazole rings is 1. The molecular formula is C17H24N2OS. The Morgan fingerprint density at radius 3 is 2.62 bits per heavy atom. The molecule has 3 nitrogen and oxygen atoms in total. The van der Waals surface area contributed by atoms with Crippen molar-refractivity contribution in [2.24, 2.45) is 5.73 Å². The average molecular weight is 304 g/mol. The molecule has 0 radical (unpaired) electrons. The van der Waals surface area contributed by atoms with Gasteiger partial charge in [-0.2, -0.15) is 0 Å². The molecule has 0 bridgehead atoms. The molecule has 2 rings (SSSR count). The number of rotatable bonds is 4. The summed E-state index contributed by atoms with van der Waals surface area (Å²) in [6.07, 6.45) is 0.737. The van der Waals surface area contributed by atoms with Crippen molar-refractivity contribution in [2.75, 3.05) is 7.11 Å². The zero-order valence-electron chi connectivity index (χ0n) is 13.4. The van der Waals surface area contributed by atoms with Gasteiger partial charge in [0.1, 0.15) is 5.75 Å². The SMILES string of the molecule is COc1ccc(C)cc1C(N)Cc1nc(C(C)(C)C)cs1. The molecule has 1 atom stereocenters. The van der Waals surface area contributed by atoms with Gasteiger partial charge in [-0.25, -0.2) is 4.98 Å². The van der Waals surface area contributed by atoms with Gasteiger partial charge in [-0.3, -0.25) is 0 Å². The summed E-state index contributed by atoms with van der Waals surface area (Å²) < 4.78 is 5.42. The molecule has 1 aromatic heterocycles. The maximum absolute atomic E-state index is 6.38. The van der Waals surface area contributed by atoms with Crippen molar-refractivity contribution in [3.8, 4) is 5.75 Å². The summed E-state index contributed by atoms with van der Waals surface area (Å²) >= 11 is 1.69. The molecule has 1 heterocycles. The number of nitrogens with zero attached hydrogens (tertiary/aromatic N) is 1. The van der Waals surface area contributed by atoms with E-state index in [2.05, 4.69) is 39.1 Å². The number of ether oxygens (including phenoxy) is 1. The predicted molar refractivity (Wildman–Crippen MR) is 89.2 cm³/mol. The molecule has 0 aliphatic carbocycles. The van der Waals surface area contributed by atoms with Crippen LogP contribution in [0.1, 0.15) is 48.6 Å². The van der Waals surface area contributed by atoms with Crippen molar-refractivity contribution in [3.05, 3.63) is 45.4 Å². The summed E-state index contributed by atoms with van der Waals surface area (Å²) in [6, 6.07) is 6.02. The molecule has 0 spiro atoms. The molecule has 2 N–H and O–H groups in total. The number of aromatic nitrogens is 1. The smallest absolute Gasteiger partial charge is 0.123 e. The quantitative estimate of drug-likeness (QED) is 0.928. The van der Waals surface area contributed by atoms with E-state index in [4.69, 9.17) is 15.5 Å². The van der Waals surface area contributed by atoms with Gasteiger partial charge in [0.05, 0.1) is 17.8 Å². The monoisotopic (exact) mass is 304 g/mol. The van der Waals surface area contributed by atoms with Crippen molar-refractivity contribution in [1.82, 2.24) is 4.98 Å². The Morgan fingerprint density at radius 2 is 2.05 bits per heavy atom. The molecule has 21 heavy (non-hydrogen) atoms. The Morgan fingerprint density at radius 1 is 1.33 bits per heavy atom. The van der Waals surface area contributed by atoms with Crippen LogP contribution in [-0.4, -0.2) is 12.1 Å². The summed E-state index contributed by atoms with van der Waals surface area (Å²) in [4.78, 5) is 4.72. The van der Waals surface area contributed by atoms with E-state index in [9.17, 15) is 0 Å². The number of methoxy groups -OCH3 is 1. The Balaban J connectivity index is 2.20. The summed E-state index contributed by atoms with van der Waals surface area (Å²) in [5.41, 5.74) is 9.83. The summed E-state index contributed by atoms with van der Waals surface area (Å²) in [7, 11) is 1.68. The minimum Gasteiger partial charge on any atom is -0.496 e. The summed E-state index contributed by atoms with van der Waals surface area (Å²) in [6.45, 7) is 8.59. The van der Waals surface area contributed by atoms with Gasteiger partial charge < -0.3 is 10.5 Å². The molecule has 0 aliphatic heterocycles. The lowest BCUT2D eigenvalue weighted by Crippen LogP contribution is -2.15. The number of hydrogen-bond donors (Lipinski definition) is 1. The van der Waals surface area contributed by atoms with Crippen molar-refractivity contribution in [3.63, 3.8) is 0 Å². The second kappa shape index (κ2) is 6.16. The highest BCUT2D eigenvalue weighted by molar-refractivity contribution is 7.09. The Bertz CT molecular complexity index is 613. The lowest BCUT2D eigenvalue weighted by atomic mass is 9.93. The molecule has 0 saturated heterocycles. The number of nitrogens with two attached hydrogens (primary N) is 1. The Kier molecular flexibility index (Phi) is 4.69. The molecule has 1 aromatic carbocycles. The zero-order valence-corrected chi connectivity index (χ0v) is 14.3. The van der Waals surface area contributed by atoms with Crippen LogP contribution in [0.3, 0.4) is 0 Å². The second-order valence-corrected chi connectivity index (χ2v) is 7.38. The van der Waals surface area contributed by atoms with E-state index in [-0.39, 0.29) is 11.5 Å². The minimum absolute atomic E-state index is 0.0832. The van der Waals surface area contributed by atoms with E-state index in [1.54, 1.807) is 18.4 Å². The van der Waals surface area contributed by atoms with Crippen LogP contribution < -0.4 is 10.5 Å². The largest absolute Gasteiger partial charge is 0.496 e. The first kappa shape index (κ1) is 16.0. The standard InChI is InChI=1S/C17H24N2OS/c1-11-6-7-14(20-5)12(8-11)13(18)9-16-19-15(10-21-16)17(2,3)4/h6-8,10,13H,9,18H2,1-5H3. The van der Waals surface area contributed by atoms with Crippen LogP contribution in [0.5, 0.6) is 5.75 Å². The first-order valence-electron chi connectivity index (χ1n) is 7.16. The van der Waals surface area contributed by atoms with Gasteiger partial charge in [-0.15, -0.1) is 11.3 Å². The minimum atomic E-state index is -0.0983. The normalized spacial score (nSPS) is 13.2. The van der Waals surface area contributed by atoms with E-state index in [1.165, 1.54) is 5.56 Å². The average Bonchev–Trinajstić information content (AvgIpc) is 2.87. The third-order valence-electron chi connectivity index (χ3n) is 3.50. The maximum atomic E-state index is 6.38. The maximum Gasteiger partial charge on any atom is 0.123 e. The highest BCUT2D eigenvalue weighted by Gasteiger charge is 2.19. The van der Waals surface area contributed by atoms with Gasteiger partial charge in [-0.1, -0.05) is 38.5 Å². The van der Waals surface area contributed by atoms with Crippen LogP contribution in [0.15, 0.2) is 23.6 Å². The molecular weight excluding hydrogens is 280 g/mol. The van der Waals surface area contributed by atoms with E-state index in [0.717, 1.165) is 28.4 Å². The zero-order chi connectivity index (χ0) is 15.6. The molecule has 114 valence electrons. The molecule has 0 aliphatic rings. The highest BCUT2D eigenvalue weighted by Crippen LogP contribution is 2.29. The predicted octanol–water partition coefficient (Wildman–Crippen LogP) is 4.00. The van der Waals surface area contributed by atoms with Crippen molar-refractivity contribution in [1.29, 1.82) is 0 Å². The fraction of sp³-hybridized carbons (Fsp3) is 0.471. The molecule has 0 saturated carbocycles. The van der Waals surface area contributed by atoms with Crippen LogP contribution in [0, 0.1) is 6.92 Å². The topological polar surface area (TPSA) is 48.1 Å². The van der Waals surface area contributed by atoms with Gasteiger partial charge in [0, 0.05) is 28.8 Å². The van der Waals surface area contributed by atoms with Gasteiger partial charge in [0.2, 0.25) is 0 Å². The van der Waals surface area contributed by atoms with Crippen molar-refractivity contribution >= 4 is 11.3 Å². The summed E-state index contributed by atoms with van der Waals surface area (Å²) in [5.74, 6) is 0.848. The fourth-order valence-electron chi connectivity index (χ4n) is 2.19. The third kappa shape index (κ3) is 3.83. The van der Waals surface area contributed by atoms with Crippen LogP contribution >= 0.6 is 11.3 Å². The van der Waals surface area contributed by atoms with Crippen LogP contribution in [0.25, 0.3) is 0 Å². The highest BCUT2D eigenvalue weighted by atomic mass is 32.1. The van der Waals surface area contributed by atoms with Gasteiger partial charge >= 0.3 is 0 Å². The number of aryl methyl sites for hydroxylation is 1. The van der Waals surface area contributed by atoms with Crippen molar-refractivity contribution < 1.29 is 4.74 Å². The van der Waals surface area contributed by atoms with Crippen molar-refractivity contribution in [2.45, 2.75) is 45.6 Å².